The van der Waals surface area contributed by atoms with Crippen LogP contribution in [-0.2, 0) is 17.6 Å². The minimum Gasteiger partial charge on any atom is -0.291 e. The second-order valence-electron chi connectivity index (χ2n) is 4.53. The summed E-state index contributed by atoms with van der Waals surface area (Å²) in [5, 5.41) is 0. The smallest absolute Gasteiger partial charge is 0.202 e. The third-order valence-corrected chi connectivity index (χ3v) is 3.12. The highest BCUT2D eigenvalue weighted by molar-refractivity contribution is 5.55. The Labute approximate surface area is 108 Å². The molecule has 0 aliphatic rings. The van der Waals surface area contributed by atoms with Gasteiger partial charge in [-0.3, -0.25) is 4.79 Å². The highest BCUT2D eigenvalue weighted by Gasteiger charge is 2.09. The monoisotopic (exact) mass is 237 g/mol. The van der Waals surface area contributed by atoms with Crippen LogP contribution < -0.4 is 0 Å². The van der Waals surface area contributed by atoms with E-state index in [2.05, 4.69) is 30.6 Å². The van der Waals surface area contributed by atoms with Crippen LogP contribution in [0.2, 0.25) is 0 Å². The molecule has 18 heavy (non-hydrogen) atoms. The Hall–Kier alpha value is -1.89. The summed E-state index contributed by atoms with van der Waals surface area (Å²) in [5.74, 6) is -0.00685. The van der Waals surface area contributed by atoms with E-state index < -0.39 is 0 Å². The lowest BCUT2D eigenvalue weighted by molar-refractivity contribution is 0.504. The quantitative estimate of drug-likeness (QED) is 0.750. The maximum atomic E-state index is 11.0. The van der Waals surface area contributed by atoms with Gasteiger partial charge < -0.3 is 0 Å². The van der Waals surface area contributed by atoms with Gasteiger partial charge in [-0.15, -0.1) is 0 Å². The van der Waals surface area contributed by atoms with Gasteiger partial charge in [-0.1, -0.05) is 60.7 Å². The Kier molecular flexibility index (Phi) is 4.71. The number of hydrogen-bond acceptors (Lipinski definition) is 1. The van der Waals surface area contributed by atoms with E-state index in [1.54, 1.807) is 0 Å². The molecule has 2 aromatic rings. The summed E-state index contributed by atoms with van der Waals surface area (Å²) in [7, 11) is 0. The highest BCUT2D eigenvalue weighted by atomic mass is 16.1. The van der Waals surface area contributed by atoms with Crippen LogP contribution in [-0.4, -0.2) is 6.29 Å². The first-order valence-corrected chi connectivity index (χ1v) is 6.34. The summed E-state index contributed by atoms with van der Waals surface area (Å²) in [6, 6.07) is 20.4. The third-order valence-electron chi connectivity index (χ3n) is 3.12. The van der Waals surface area contributed by atoms with E-state index in [1.165, 1.54) is 11.1 Å². The maximum absolute atomic E-state index is 11.0. The lowest BCUT2D eigenvalue weighted by Gasteiger charge is -2.09. The lowest BCUT2D eigenvalue weighted by Crippen LogP contribution is -2.07. The second-order valence-corrected chi connectivity index (χ2v) is 4.53. The van der Waals surface area contributed by atoms with Crippen molar-refractivity contribution in [3.63, 3.8) is 0 Å². The van der Waals surface area contributed by atoms with Crippen molar-refractivity contribution in [1.82, 2.24) is 0 Å². The minimum absolute atomic E-state index is 0.00685. The maximum Gasteiger partial charge on any atom is 0.202 e. The van der Waals surface area contributed by atoms with Crippen molar-refractivity contribution in [3.8, 4) is 0 Å². The van der Waals surface area contributed by atoms with Crippen LogP contribution in [0.25, 0.3) is 0 Å². The molecular formula is C17H17O. The van der Waals surface area contributed by atoms with Crippen molar-refractivity contribution in [3.05, 3.63) is 71.8 Å². The van der Waals surface area contributed by atoms with E-state index in [0.29, 0.717) is 0 Å². The molecule has 0 aliphatic heterocycles. The zero-order chi connectivity index (χ0) is 12.6. The van der Waals surface area contributed by atoms with Crippen molar-refractivity contribution in [2.24, 2.45) is 5.92 Å². The lowest BCUT2D eigenvalue weighted by atomic mass is 9.94. The molecule has 1 heteroatoms. The van der Waals surface area contributed by atoms with Gasteiger partial charge in [0.25, 0.3) is 0 Å². The molecule has 1 atom stereocenters. The molecule has 0 saturated heterocycles. The summed E-state index contributed by atoms with van der Waals surface area (Å²) >= 11 is 0. The van der Waals surface area contributed by atoms with Crippen molar-refractivity contribution in [1.29, 1.82) is 0 Å². The predicted octanol–water partition coefficient (Wildman–Crippen LogP) is 3.59. The molecule has 0 N–H and O–H groups in total. The first kappa shape index (κ1) is 12.6. The van der Waals surface area contributed by atoms with Gasteiger partial charge in [-0.25, -0.2) is 0 Å². The average molecular weight is 237 g/mol. The van der Waals surface area contributed by atoms with Crippen molar-refractivity contribution < 1.29 is 4.79 Å². The number of carbonyl (C=O) groups excluding carboxylic acids is 1. The molecule has 0 bridgehead atoms. The minimum atomic E-state index is -0.00685. The molecule has 91 valence electrons. The Bertz CT molecular complexity index is 461. The van der Waals surface area contributed by atoms with Crippen LogP contribution in [0.4, 0.5) is 0 Å². The molecule has 0 aromatic heterocycles. The van der Waals surface area contributed by atoms with Gasteiger partial charge in [0.15, 0.2) is 0 Å². The molecular weight excluding hydrogens is 220 g/mol. The Morgan fingerprint density at radius 3 is 1.94 bits per heavy atom. The Morgan fingerprint density at radius 1 is 0.833 bits per heavy atom. The predicted molar refractivity (Wildman–Crippen MR) is 74.1 cm³/mol. The Balaban J connectivity index is 1.88. The average Bonchev–Trinajstić information content (AvgIpc) is 2.45. The van der Waals surface area contributed by atoms with Crippen molar-refractivity contribution in [2.75, 3.05) is 0 Å². The molecule has 0 amide bonds. The summed E-state index contributed by atoms with van der Waals surface area (Å²) in [5.41, 5.74) is 2.49. The van der Waals surface area contributed by atoms with Crippen LogP contribution in [0.5, 0.6) is 0 Å². The molecule has 2 aromatic carbocycles. The third kappa shape index (κ3) is 3.85. The molecule has 0 aliphatic carbocycles. The fourth-order valence-electron chi connectivity index (χ4n) is 2.09. The van der Waals surface area contributed by atoms with Gasteiger partial charge in [0.1, 0.15) is 0 Å². The van der Waals surface area contributed by atoms with E-state index in [0.717, 1.165) is 19.3 Å². The van der Waals surface area contributed by atoms with E-state index in [1.807, 2.05) is 36.4 Å². The van der Waals surface area contributed by atoms with Gasteiger partial charge in [0.2, 0.25) is 6.29 Å². The summed E-state index contributed by atoms with van der Waals surface area (Å²) in [6.45, 7) is 0. The summed E-state index contributed by atoms with van der Waals surface area (Å²) in [6.07, 6.45) is 4.76. The molecule has 1 nitrogen and oxygen atoms in total. The zero-order valence-corrected chi connectivity index (χ0v) is 10.4. The van der Waals surface area contributed by atoms with E-state index in [4.69, 9.17) is 0 Å². The summed E-state index contributed by atoms with van der Waals surface area (Å²) < 4.78 is 0. The molecule has 0 saturated carbocycles. The van der Waals surface area contributed by atoms with Crippen molar-refractivity contribution in [2.45, 2.75) is 19.3 Å². The molecule has 2 rings (SSSR count). The Morgan fingerprint density at radius 2 is 1.39 bits per heavy atom. The number of aryl methyl sites for hydroxylation is 1. The van der Waals surface area contributed by atoms with Crippen LogP contribution >= 0.6 is 0 Å². The fraction of sp³-hybridized carbons (Fsp3) is 0.235. The second kappa shape index (κ2) is 6.75. The summed E-state index contributed by atoms with van der Waals surface area (Å²) in [4.78, 5) is 11.0. The number of rotatable bonds is 6. The van der Waals surface area contributed by atoms with Gasteiger partial charge >= 0.3 is 0 Å². The molecule has 1 radical (unpaired) electrons. The number of hydrogen-bond donors (Lipinski definition) is 0. The largest absolute Gasteiger partial charge is 0.291 e. The van der Waals surface area contributed by atoms with Gasteiger partial charge in [0, 0.05) is 5.92 Å². The molecule has 0 heterocycles. The first-order valence-electron chi connectivity index (χ1n) is 6.34. The van der Waals surface area contributed by atoms with Gasteiger partial charge in [0.05, 0.1) is 0 Å². The van der Waals surface area contributed by atoms with E-state index in [9.17, 15) is 4.79 Å². The standard InChI is InChI=1S/C17H17O/c18-14-17(13-16-9-5-2-6-10-16)12-11-15-7-3-1-4-8-15/h1-10,17H,11-13H2. The zero-order valence-electron chi connectivity index (χ0n) is 10.4. The van der Waals surface area contributed by atoms with Crippen molar-refractivity contribution >= 4 is 6.29 Å². The normalized spacial score (nSPS) is 12.0. The van der Waals surface area contributed by atoms with E-state index >= 15 is 0 Å². The first-order chi connectivity index (χ1) is 8.88. The SMILES string of the molecule is O=[C]C(CCc1ccccc1)Cc1ccccc1. The fourth-order valence-corrected chi connectivity index (χ4v) is 2.09. The highest BCUT2D eigenvalue weighted by Crippen LogP contribution is 2.13. The van der Waals surface area contributed by atoms with Gasteiger partial charge in [-0.05, 0) is 30.4 Å². The van der Waals surface area contributed by atoms with Gasteiger partial charge in [-0.2, -0.15) is 0 Å². The van der Waals surface area contributed by atoms with Crippen LogP contribution in [0.15, 0.2) is 60.7 Å². The molecule has 0 fully saturated rings. The van der Waals surface area contributed by atoms with Crippen LogP contribution in [0.1, 0.15) is 17.5 Å². The topological polar surface area (TPSA) is 17.1 Å². The molecule has 1 unspecified atom stereocenters. The van der Waals surface area contributed by atoms with Crippen LogP contribution in [0.3, 0.4) is 0 Å². The number of benzene rings is 2. The molecule has 0 spiro atoms. The van der Waals surface area contributed by atoms with E-state index in [-0.39, 0.29) is 5.92 Å². The van der Waals surface area contributed by atoms with Crippen LogP contribution in [0, 0.1) is 5.92 Å².